The van der Waals surface area contributed by atoms with Gasteiger partial charge in [0.1, 0.15) is 0 Å². The van der Waals surface area contributed by atoms with Crippen LogP contribution in [-0.4, -0.2) is 29.6 Å². The number of hydrogen-bond acceptors (Lipinski definition) is 2. The number of pyridine rings is 1. The molecule has 3 heteroatoms. The van der Waals surface area contributed by atoms with E-state index in [2.05, 4.69) is 19.8 Å². The Bertz CT molecular complexity index is 291. The minimum atomic E-state index is -2.08. The average Bonchev–Trinajstić information content (AvgIpc) is 2.03. The van der Waals surface area contributed by atoms with Crippen molar-refractivity contribution in [1.82, 2.24) is 4.98 Å². The van der Waals surface area contributed by atoms with Crippen molar-refractivity contribution in [3.05, 3.63) is 24.0 Å². The molecule has 1 heterocycles. The third-order valence-corrected chi connectivity index (χ3v) is 7.70. The van der Waals surface area contributed by atoms with Crippen LogP contribution in [0.4, 0.5) is 0 Å². The van der Waals surface area contributed by atoms with Crippen molar-refractivity contribution in [1.29, 1.82) is 0 Å². The first kappa shape index (κ1) is 9.70. The molecule has 2 nitrogen and oxygen atoms in total. The zero-order valence-electron chi connectivity index (χ0n) is 7.66. The van der Waals surface area contributed by atoms with Crippen LogP contribution in [0.5, 0.6) is 0 Å². The van der Waals surface area contributed by atoms with E-state index in [4.69, 9.17) is 0 Å². The molecule has 0 aliphatic carbocycles. The van der Waals surface area contributed by atoms with E-state index in [1.807, 2.05) is 6.07 Å². The van der Waals surface area contributed by atoms with Crippen LogP contribution < -0.4 is 3.58 Å². The Morgan fingerprint density at radius 2 is 2.08 bits per heavy atom. The van der Waals surface area contributed by atoms with Gasteiger partial charge >= 0.3 is 76.9 Å². The van der Waals surface area contributed by atoms with Crippen molar-refractivity contribution in [3.63, 3.8) is 0 Å². The minimum absolute atomic E-state index is 0.779. The summed E-state index contributed by atoms with van der Waals surface area (Å²) in [5, 5.41) is 0. The summed E-state index contributed by atoms with van der Waals surface area (Å²) in [4.78, 5) is 21.5. The van der Waals surface area contributed by atoms with Gasteiger partial charge in [-0.25, -0.2) is 0 Å². The summed E-state index contributed by atoms with van der Waals surface area (Å²) in [5.74, 6) is 0. The third-order valence-electron chi connectivity index (χ3n) is 1.79. The Morgan fingerprint density at radius 1 is 1.42 bits per heavy atom. The molecule has 64 valence electrons. The van der Waals surface area contributed by atoms with Gasteiger partial charge in [0, 0.05) is 0 Å². The van der Waals surface area contributed by atoms with E-state index in [1.54, 1.807) is 12.4 Å². The molecule has 1 aromatic heterocycles. The number of nitrogens with zero attached hydrogens (tertiary/aromatic N) is 1. The van der Waals surface area contributed by atoms with Gasteiger partial charge in [-0.1, -0.05) is 0 Å². The van der Waals surface area contributed by atoms with Crippen molar-refractivity contribution in [2.45, 2.75) is 14.8 Å². The first-order chi connectivity index (χ1) is 5.55. The first-order valence-corrected chi connectivity index (χ1v) is 13.9. The van der Waals surface area contributed by atoms with Crippen LogP contribution in [0.25, 0.3) is 0 Å². The Morgan fingerprint density at radius 3 is 2.50 bits per heavy atom. The summed E-state index contributed by atoms with van der Waals surface area (Å²) in [5.41, 5.74) is 0.779. The molecule has 0 radical (unpaired) electrons. The van der Waals surface area contributed by atoms with Crippen molar-refractivity contribution in [3.8, 4) is 0 Å². The molecule has 0 aromatic carbocycles. The predicted molar refractivity (Wildman–Crippen MR) is 52.6 cm³/mol. The van der Waals surface area contributed by atoms with Gasteiger partial charge in [0.25, 0.3) is 0 Å². The van der Waals surface area contributed by atoms with Crippen molar-refractivity contribution in [2.24, 2.45) is 0 Å². The molecule has 0 saturated carbocycles. The Kier molecular flexibility index (Phi) is 2.88. The molecule has 0 spiro atoms. The van der Waals surface area contributed by atoms with Crippen LogP contribution in [0.2, 0.25) is 14.8 Å². The maximum absolute atomic E-state index is 10.7. The monoisotopic (exact) mass is 271 g/mol. The van der Waals surface area contributed by atoms with Gasteiger partial charge in [0.2, 0.25) is 0 Å². The van der Waals surface area contributed by atoms with E-state index < -0.39 is 18.4 Å². The molecule has 0 unspecified atom stereocenters. The molecule has 0 saturated heterocycles. The number of hydrogen-bond donors (Lipinski definition) is 0. The zero-order chi connectivity index (χ0) is 9.19. The van der Waals surface area contributed by atoms with Gasteiger partial charge in [-0.05, 0) is 0 Å². The quantitative estimate of drug-likeness (QED) is 0.601. The fraction of sp³-hybridized carbons (Fsp3) is 0.333. The van der Waals surface area contributed by atoms with Gasteiger partial charge < -0.3 is 0 Å². The van der Waals surface area contributed by atoms with Crippen LogP contribution in [0.1, 0.15) is 10.4 Å². The van der Waals surface area contributed by atoms with Gasteiger partial charge in [-0.3, -0.25) is 0 Å². The molecule has 0 fully saturated rings. The van der Waals surface area contributed by atoms with Crippen LogP contribution in [0.3, 0.4) is 0 Å². The van der Waals surface area contributed by atoms with Gasteiger partial charge in [0.05, 0.1) is 0 Å². The topological polar surface area (TPSA) is 30.0 Å². The van der Waals surface area contributed by atoms with E-state index in [0.29, 0.717) is 0 Å². The van der Waals surface area contributed by atoms with Crippen LogP contribution >= 0.6 is 0 Å². The molecule has 0 aliphatic heterocycles. The first-order valence-electron chi connectivity index (χ1n) is 3.95. The standard InChI is InChI=1S/C6H4NO.3CH3.Sn/c8-5-6-2-1-3-7-4-6;;;;/h1,3-5H;3*1H3;. The van der Waals surface area contributed by atoms with E-state index in [1.165, 1.54) is 3.58 Å². The summed E-state index contributed by atoms with van der Waals surface area (Å²) in [7, 11) is 0. The summed E-state index contributed by atoms with van der Waals surface area (Å²) in [6.45, 7) is 0. The number of carbonyl (C=O) groups is 1. The Hall–Kier alpha value is -0.381. The van der Waals surface area contributed by atoms with Gasteiger partial charge in [0.15, 0.2) is 0 Å². The second-order valence-electron chi connectivity index (χ2n) is 3.83. The van der Waals surface area contributed by atoms with Crippen molar-refractivity contribution < 1.29 is 4.79 Å². The van der Waals surface area contributed by atoms with E-state index in [-0.39, 0.29) is 0 Å². The van der Waals surface area contributed by atoms with E-state index in [0.717, 1.165) is 11.8 Å². The average molecular weight is 270 g/mol. The van der Waals surface area contributed by atoms with Crippen molar-refractivity contribution in [2.75, 3.05) is 0 Å². The normalized spacial score (nSPS) is 11.2. The molecule has 1 aromatic rings. The molecular weight excluding hydrogens is 257 g/mol. The maximum atomic E-state index is 10.7. The summed E-state index contributed by atoms with van der Waals surface area (Å²) >= 11 is -2.08. The number of rotatable bonds is 2. The van der Waals surface area contributed by atoms with Gasteiger partial charge in [-0.2, -0.15) is 0 Å². The number of aldehydes is 1. The van der Waals surface area contributed by atoms with Crippen LogP contribution in [0, 0.1) is 0 Å². The number of carbonyl (C=O) groups excluding carboxylic acids is 1. The SMILES string of the molecule is [CH3][Sn]([CH3])([CH3])[c]1ccncc1C=O. The van der Waals surface area contributed by atoms with Crippen molar-refractivity contribution >= 4 is 28.2 Å². The summed E-state index contributed by atoms with van der Waals surface area (Å²) < 4.78 is 1.26. The predicted octanol–water partition coefficient (Wildman–Crippen LogP) is 1.44. The molecule has 1 rings (SSSR count). The zero-order valence-corrected chi connectivity index (χ0v) is 10.5. The second kappa shape index (κ2) is 3.56. The summed E-state index contributed by atoms with van der Waals surface area (Å²) in [6, 6.07) is 1.99. The Labute approximate surface area is 76.9 Å². The molecule has 12 heavy (non-hydrogen) atoms. The van der Waals surface area contributed by atoms with E-state index in [9.17, 15) is 4.79 Å². The summed E-state index contributed by atoms with van der Waals surface area (Å²) in [6.07, 6.45) is 4.33. The molecule has 0 aliphatic rings. The second-order valence-corrected chi connectivity index (χ2v) is 18.2. The molecule has 0 bridgehead atoms. The number of aromatic nitrogens is 1. The molecule has 0 atom stereocenters. The molecule has 0 N–H and O–H groups in total. The fourth-order valence-electron chi connectivity index (χ4n) is 1.18. The Balaban J connectivity index is 3.23. The van der Waals surface area contributed by atoms with Gasteiger partial charge in [-0.15, -0.1) is 0 Å². The van der Waals surface area contributed by atoms with Crippen LogP contribution in [0.15, 0.2) is 18.5 Å². The molecular formula is C9H13NOSn. The van der Waals surface area contributed by atoms with Crippen LogP contribution in [-0.2, 0) is 0 Å². The molecule has 0 amide bonds. The fourth-order valence-corrected chi connectivity index (χ4v) is 5.65. The third kappa shape index (κ3) is 2.06. The van der Waals surface area contributed by atoms with E-state index >= 15 is 0 Å².